The van der Waals surface area contributed by atoms with E-state index in [0.29, 0.717) is 30.7 Å². The van der Waals surface area contributed by atoms with Crippen molar-refractivity contribution in [2.45, 2.75) is 62.7 Å². The molecule has 176 valence electrons. The maximum atomic E-state index is 13.6. The summed E-state index contributed by atoms with van der Waals surface area (Å²) in [7, 11) is 1.56. The quantitative estimate of drug-likeness (QED) is 0.696. The summed E-state index contributed by atoms with van der Waals surface area (Å²) in [6, 6.07) is 4.82. The number of rotatable bonds is 4. The predicted molar refractivity (Wildman–Crippen MR) is 118 cm³/mol. The number of nitrogens with zero attached hydrogens (tertiary/aromatic N) is 2. The molecular formula is C24H30N4O5. The predicted octanol–water partition coefficient (Wildman–Crippen LogP) is 0.684. The molecule has 1 saturated carbocycles. The lowest BCUT2D eigenvalue weighted by atomic mass is 10.0. The first-order valence-electron chi connectivity index (χ1n) is 11.8. The van der Waals surface area contributed by atoms with Crippen molar-refractivity contribution in [3.63, 3.8) is 0 Å². The topological polar surface area (TPSA) is 108 Å². The third-order valence-electron chi connectivity index (χ3n) is 7.54. The van der Waals surface area contributed by atoms with E-state index >= 15 is 0 Å². The Kier molecular flexibility index (Phi) is 5.72. The van der Waals surface area contributed by atoms with Crippen LogP contribution in [-0.2, 0) is 14.4 Å². The number of hydrogen-bond acceptors (Lipinski definition) is 5. The Labute approximate surface area is 192 Å². The van der Waals surface area contributed by atoms with Crippen LogP contribution in [0, 0.1) is 5.92 Å². The number of amides is 4. The van der Waals surface area contributed by atoms with Gasteiger partial charge in [-0.25, -0.2) is 0 Å². The molecule has 1 aromatic carbocycles. The molecule has 5 rings (SSSR count). The van der Waals surface area contributed by atoms with Crippen molar-refractivity contribution in [2.24, 2.45) is 5.92 Å². The van der Waals surface area contributed by atoms with Gasteiger partial charge >= 0.3 is 0 Å². The molecule has 0 unspecified atom stereocenters. The second-order valence-corrected chi connectivity index (χ2v) is 9.50. The van der Waals surface area contributed by atoms with Gasteiger partial charge in [0.2, 0.25) is 17.7 Å². The maximum Gasteiger partial charge on any atom is 0.251 e. The first kappa shape index (κ1) is 21.7. The molecule has 2 N–H and O–H groups in total. The van der Waals surface area contributed by atoms with Crippen molar-refractivity contribution in [3.05, 3.63) is 29.8 Å². The molecule has 3 heterocycles. The summed E-state index contributed by atoms with van der Waals surface area (Å²) in [5, 5.41) is 5.97. The third-order valence-corrected chi connectivity index (χ3v) is 7.54. The number of fused-ring (bicyclic) bond motifs is 2. The average Bonchev–Trinajstić information content (AvgIpc) is 3.57. The van der Waals surface area contributed by atoms with Crippen LogP contribution in [0.15, 0.2) is 24.3 Å². The summed E-state index contributed by atoms with van der Waals surface area (Å²) in [4.78, 5) is 55.6. The van der Waals surface area contributed by atoms with Gasteiger partial charge in [-0.2, -0.15) is 0 Å². The van der Waals surface area contributed by atoms with Crippen LogP contribution in [0.3, 0.4) is 0 Å². The van der Waals surface area contributed by atoms with E-state index in [2.05, 4.69) is 10.6 Å². The van der Waals surface area contributed by atoms with Gasteiger partial charge in [-0.1, -0.05) is 12.8 Å². The number of carbonyl (C=O) groups is 4. The van der Waals surface area contributed by atoms with Gasteiger partial charge in [0.15, 0.2) is 0 Å². The number of methoxy groups -OCH3 is 1. The fourth-order valence-corrected chi connectivity index (χ4v) is 5.80. The second kappa shape index (κ2) is 8.68. The van der Waals surface area contributed by atoms with Gasteiger partial charge < -0.3 is 25.2 Å². The lowest BCUT2D eigenvalue weighted by molar-refractivity contribution is -0.146. The van der Waals surface area contributed by atoms with Crippen LogP contribution in [0.1, 0.15) is 48.9 Å². The molecule has 3 saturated heterocycles. The van der Waals surface area contributed by atoms with E-state index < -0.39 is 12.1 Å². The lowest BCUT2D eigenvalue weighted by Gasteiger charge is -2.30. The van der Waals surface area contributed by atoms with Crippen molar-refractivity contribution < 1.29 is 23.9 Å². The molecule has 3 aliphatic heterocycles. The first-order valence-corrected chi connectivity index (χ1v) is 11.8. The normalized spacial score (nSPS) is 29.4. The fourth-order valence-electron chi connectivity index (χ4n) is 5.80. The van der Waals surface area contributed by atoms with E-state index in [1.165, 1.54) is 0 Å². The molecule has 1 aliphatic carbocycles. The van der Waals surface area contributed by atoms with Crippen LogP contribution in [0.5, 0.6) is 5.75 Å². The highest BCUT2D eigenvalue weighted by atomic mass is 16.5. The molecule has 0 spiro atoms. The summed E-state index contributed by atoms with van der Waals surface area (Å²) in [5.74, 6) is 0.0439. The zero-order chi connectivity index (χ0) is 23.1. The molecule has 4 amide bonds. The minimum atomic E-state index is -0.650. The van der Waals surface area contributed by atoms with Gasteiger partial charge in [0, 0.05) is 30.6 Å². The Balaban J connectivity index is 1.29. The summed E-state index contributed by atoms with van der Waals surface area (Å²) in [6.07, 6.45) is 4.80. The van der Waals surface area contributed by atoms with E-state index in [0.717, 1.165) is 25.7 Å². The summed E-state index contributed by atoms with van der Waals surface area (Å²) in [5.41, 5.74) is 0.484. The lowest BCUT2D eigenvalue weighted by Crippen LogP contribution is -2.53. The average molecular weight is 455 g/mol. The highest BCUT2D eigenvalue weighted by molar-refractivity contribution is 5.98. The molecule has 0 aromatic heterocycles. The van der Waals surface area contributed by atoms with Crippen LogP contribution in [-0.4, -0.2) is 77.8 Å². The Morgan fingerprint density at radius 1 is 1.09 bits per heavy atom. The van der Waals surface area contributed by atoms with Crippen LogP contribution < -0.4 is 15.4 Å². The van der Waals surface area contributed by atoms with E-state index in [1.807, 2.05) is 0 Å². The SMILES string of the molecule is COc1ccc(C(=O)N[C@H]2C[C@@H]3C(=O)N[C@H]4CCN(C(=O)C5CCCC5)[C@@H]4C(=O)N3C2)cc1. The van der Waals surface area contributed by atoms with Crippen LogP contribution in [0.4, 0.5) is 0 Å². The molecule has 4 atom stereocenters. The first-order chi connectivity index (χ1) is 16.0. The monoisotopic (exact) mass is 454 g/mol. The Morgan fingerprint density at radius 3 is 2.52 bits per heavy atom. The van der Waals surface area contributed by atoms with Crippen LogP contribution >= 0.6 is 0 Å². The largest absolute Gasteiger partial charge is 0.497 e. The van der Waals surface area contributed by atoms with Gasteiger partial charge in [0.1, 0.15) is 17.8 Å². The van der Waals surface area contributed by atoms with Gasteiger partial charge in [-0.3, -0.25) is 19.2 Å². The van der Waals surface area contributed by atoms with Gasteiger partial charge in [0.25, 0.3) is 5.91 Å². The van der Waals surface area contributed by atoms with Crippen LogP contribution in [0.25, 0.3) is 0 Å². The third kappa shape index (κ3) is 3.94. The standard InChI is InChI=1S/C24H30N4O5/c1-33-17-8-6-14(7-9-17)21(29)25-16-12-19-22(30)26-18-10-11-27(20(18)24(32)28(19)13-16)23(31)15-4-2-3-5-15/h6-9,15-16,18-20H,2-5,10-13H2,1H3,(H,25,29)(H,26,30)/t16-,18-,19+,20-/m0/s1. The van der Waals surface area contributed by atoms with Crippen molar-refractivity contribution >= 4 is 23.6 Å². The zero-order valence-electron chi connectivity index (χ0n) is 18.8. The van der Waals surface area contributed by atoms with Crippen molar-refractivity contribution in [1.29, 1.82) is 0 Å². The highest BCUT2D eigenvalue weighted by Gasteiger charge is 2.53. The molecular weight excluding hydrogens is 424 g/mol. The second-order valence-electron chi connectivity index (χ2n) is 9.50. The molecule has 1 aromatic rings. The van der Waals surface area contributed by atoms with Gasteiger partial charge in [-0.15, -0.1) is 0 Å². The molecule has 0 bridgehead atoms. The maximum absolute atomic E-state index is 13.6. The molecule has 4 fully saturated rings. The summed E-state index contributed by atoms with van der Waals surface area (Å²) >= 11 is 0. The number of nitrogens with one attached hydrogen (secondary N) is 2. The molecule has 0 radical (unpaired) electrons. The number of ether oxygens (including phenoxy) is 1. The van der Waals surface area contributed by atoms with Crippen molar-refractivity contribution in [2.75, 3.05) is 20.2 Å². The van der Waals surface area contributed by atoms with Crippen molar-refractivity contribution in [3.8, 4) is 5.75 Å². The van der Waals surface area contributed by atoms with Gasteiger partial charge in [-0.05, 0) is 49.9 Å². The molecule has 4 aliphatic rings. The van der Waals surface area contributed by atoms with E-state index in [-0.39, 0.29) is 48.2 Å². The summed E-state index contributed by atoms with van der Waals surface area (Å²) < 4.78 is 5.13. The highest BCUT2D eigenvalue weighted by Crippen LogP contribution is 2.33. The Hall–Kier alpha value is -3.10. The van der Waals surface area contributed by atoms with Gasteiger partial charge in [0.05, 0.1) is 13.2 Å². The fraction of sp³-hybridized carbons (Fsp3) is 0.583. The molecule has 9 nitrogen and oxygen atoms in total. The van der Waals surface area contributed by atoms with Crippen molar-refractivity contribution in [1.82, 2.24) is 20.4 Å². The summed E-state index contributed by atoms with van der Waals surface area (Å²) in [6.45, 7) is 0.750. The smallest absolute Gasteiger partial charge is 0.251 e. The Bertz CT molecular complexity index is 958. The van der Waals surface area contributed by atoms with E-state index in [4.69, 9.17) is 4.74 Å². The van der Waals surface area contributed by atoms with E-state index in [9.17, 15) is 19.2 Å². The Morgan fingerprint density at radius 2 is 1.82 bits per heavy atom. The minimum absolute atomic E-state index is 0.0126. The van der Waals surface area contributed by atoms with Crippen LogP contribution in [0.2, 0.25) is 0 Å². The number of carbonyl (C=O) groups excluding carboxylic acids is 4. The molecule has 9 heteroatoms. The minimum Gasteiger partial charge on any atom is -0.497 e. The van der Waals surface area contributed by atoms with E-state index in [1.54, 1.807) is 41.2 Å². The zero-order valence-corrected chi connectivity index (χ0v) is 18.8. The number of benzene rings is 1. The molecule has 33 heavy (non-hydrogen) atoms. The number of likely N-dealkylation sites (tertiary alicyclic amines) is 1. The number of hydrogen-bond donors (Lipinski definition) is 2.